The number of ether oxygens (including phenoxy) is 3. The van der Waals surface area contributed by atoms with E-state index >= 15 is 0 Å². The maximum Gasteiger partial charge on any atom is 0.187 e. The summed E-state index contributed by atoms with van der Waals surface area (Å²) in [6, 6.07) is 0. The summed E-state index contributed by atoms with van der Waals surface area (Å²) in [4.78, 5) is 0. The quantitative estimate of drug-likeness (QED) is 0.243. The molecule has 0 amide bonds. The summed E-state index contributed by atoms with van der Waals surface area (Å²) in [6.45, 7) is -1.35. The summed E-state index contributed by atoms with van der Waals surface area (Å²) in [7, 11) is 0. The number of aliphatic hydroxyl groups is 8. The number of hydrogen-bond acceptors (Lipinski definition) is 11. The first-order valence-electron chi connectivity index (χ1n) is 7.08. The first-order chi connectivity index (χ1) is 10.8. The molecule has 0 saturated carbocycles. The summed E-state index contributed by atoms with van der Waals surface area (Å²) in [6.07, 6.45) is -15.6. The molecule has 2 aliphatic heterocycles. The minimum atomic E-state index is -1.74. The molecule has 2 rings (SSSR count). The van der Waals surface area contributed by atoms with Crippen LogP contribution in [0.3, 0.4) is 0 Å². The Balaban J connectivity index is 2.11. The van der Waals surface area contributed by atoms with E-state index in [-0.39, 0.29) is 0 Å². The standard InChI is InChI=1S/C12H22O11/c13-1-3-5(15)6(16)9(19)12(22-3)23-10-4(2-14)21-11(20)8(18)7(10)17/h3-20H,1-2H2/t3-,4+,5-,6+,7+,8-,9+,10-,11-,12-/m1/s1. The van der Waals surface area contributed by atoms with Gasteiger partial charge in [-0.3, -0.25) is 0 Å². The Bertz CT molecular complexity index is 378. The molecular formula is C12H22O11. The summed E-state index contributed by atoms with van der Waals surface area (Å²) < 4.78 is 15.3. The van der Waals surface area contributed by atoms with Gasteiger partial charge >= 0.3 is 0 Å². The molecule has 0 radical (unpaired) electrons. The predicted molar refractivity (Wildman–Crippen MR) is 68.6 cm³/mol. The van der Waals surface area contributed by atoms with Gasteiger partial charge in [-0.1, -0.05) is 0 Å². The molecule has 0 aliphatic carbocycles. The molecule has 11 nitrogen and oxygen atoms in total. The Morgan fingerprint density at radius 3 is 1.83 bits per heavy atom. The van der Waals surface area contributed by atoms with E-state index < -0.39 is 74.6 Å². The van der Waals surface area contributed by atoms with Gasteiger partial charge in [0, 0.05) is 0 Å². The van der Waals surface area contributed by atoms with Crippen LogP contribution in [0.4, 0.5) is 0 Å². The smallest absolute Gasteiger partial charge is 0.187 e. The van der Waals surface area contributed by atoms with Crippen LogP contribution < -0.4 is 0 Å². The van der Waals surface area contributed by atoms with E-state index in [0.717, 1.165) is 0 Å². The zero-order chi connectivity index (χ0) is 17.3. The fourth-order valence-electron chi connectivity index (χ4n) is 2.57. The molecule has 136 valence electrons. The van der Waals surface area contributed by atoms with Crippen molar-refractivity contribution in [2.75, 3.05) is 13.2 Å². The van der Waals surface area contributed by atoms with Crippen LogP contribution in [0.1, 0.15) is 0 Å². The van der Waals surface area contributed by atoms with Crippen molar-refractivity contribution in [2.45, 2.75) is 61.4 Å². The Hall–Kier alpha value is -0.440. The topological polar surface area (TPSA) is 190 Å². The molecule has 0 aromatic rings. The van der Waals surface area contributed by atoms with E-state index in [2.05, 4.69) is 0 Å². The monoisotopic (exact) mass is 342 g/mol. The van der Waals surface area contributed by atoms with Crippen LogP contribution >= 0.6 is 0 Å². The first kappa shape index (κ1) is 18.9. The summed E-state index contributed by atoms with van der Waals surface area (Å²) in [5.74, 6) is 0. The fraction of sp³-hybridized carbons (Fsp3) is 1.00. The Labute approximate surface area is 130 Å². The van der Waals surface area contributed by atoms with Gasteiger partial charge in [0.25, 0.3) is 0 Å². The molecule has 2 fully saturated rings. The third-order valence-corrected chi connectivity index (χ3v) is 3.98. The van der Waals surface area contributed by atoms with E-state index in [0.29, 0.717) is 0 Å². The van der Waals surface area contributed by atoms with Gasteiger partial charge in [-0.25, -0.2) is 0 Å². The molecule has 10 atom stereocenters. The largest absolute Gasteiger partial charge is 0.394 e. The van der Waals surface area contributed by atoms with Gasteiger partial charge < -0.3 is 55.1 Å². The molecule has 2 heterocycles. The second-order valence-electron chi connectivity index (χ2n) is 5.53. The Morgan fingerprint density at radius 1 is 0.652 bits per heavy atom. The third kappa shape index (κ3) is 3.65. The van der Waals surface area contributed by atoms with Gasteiger partial charge in [0.15, 0.2) is 12.6 Å². The summed E-state index contributed by atoms with van der Waals surface area (Å²) >= 11 is 0. The van der Waals surface area contributed by atoms with Crippen LogP contribution in [0, 0.1) is 0 Å². The van der Waals surface area contributed by atoms with Crippen LogP contribution in [0.15, 0.2) is 0 Å². The first-order valence-corrected chi connectivity index (χ1v) is 7.08. The van der Waals surface area contributed by atoms with Crippen LogP contribution in [0.5, 0.6) is 0 Å². The zero-order valence-corrected chi connectivity index (χ0v) is 12.0. The SMILES string of the molecule is OC[C@@H]1O[C@@H](O)[C@H](O)[C@H](O)[C@@H]1O[C@H]1O[C@H](CO)[C@@H](O)[C@H](O)[C@@H]1O. The summed E-state index contributed by atoms with van der Waals surface area (Å²) in [5, 5.41) is 76.5. The van der Waals surface area contributed by atoms with E-state index in [1.165, 1.54) is 0 Å². The lowest BCUT2D eigenvalue weighted by Crippen LogP contribution is -2.64. The van der Waals surface area contributed by atoms with Gasteiger partial charge in [-0.15, -0.1) is 0 Å². The van der Waals surface area contributed by atoms with Gasteiger partial charge in [0.2, 0.25) is 0 Å². The van der Waals surface area contributed by atoms with Crippen molar-refractivity contribution in [3.05, 3.63) is 0 Å². The van der Waals surface area contributed by atoms with Gasteiger partial charge in [-0.05, 0) is 0 Å². The zero-order valence-electron chi connectivity index (χ0n) is 12.0. The molecule has 0 spiro atoms. The predicted octanol–water partition coefficient (Wildman–Crippen LogP) is -5.40. The molecule has 23 heavy (non-hydrogen) atoms. The molecule has 2 saturated heterocycles. The van der Waals surface area contributed by atoms with Crippen molar-refractivity contribution in [1.29, 1.82) is 0 Å². The summed E-state index contributed by atoms with van der Waals surface area (Å²) in [5.41, 5.74) is 0. The van der Waals surface area contributed by atoms with Crippen molar-refractivity contribution >= 4 is 0 Å². The van der Waals surface area contributed by atoms with Gasteiger partial charge in [0.05, 0.1) is 13.2 Å². The maximum absolute atomic E-state index is 9.94. The molecule has 0 bridgehead atoms. The van der Waals surface area contributed by atoms with Gasteiger partial charge in [0.1, 0.15) is 48.8 Å². The van der Waals surface area contributed by atoms with Crippen molar-refractivity contribution in [3.8, 4) is 0 Å². The molecular weight excluding hydrogens is 320 g/mol. The van der Waals surface area contributed by atoms with Crippen molar-refractivity contribution in [3.63, 3.8) is 0 Å². The highest BCUT2D eigenvalue weighted by atomic mass is 16.7. The van der Waals surface area contributed by atoms with E-state index in [1.54, 1.807) is 0 Å². The second kappa shape index (κ2) is 7.63. The van der Waals surface area contributed by atoms with Crippen molar-refractivity contribution in [1.82, 2.24) is 0 Å². The van der Waals surface area contributed by atoms with Crippen LogP contribution in [-0.4, -0.2) is 115 Å². The fourth-order valence-corrected chi connectivity index (χ4v) is 2.57. The average Bonchev–Trinajstić information content (AvgIpc) is 2.55. The highest BCUT2D eigenvalue weighted by Crippen LogP contribution is 2.28. The average molecular weight is 342 g/mol. The number of hydrogen-bond donors (Lipinski definition) is 8. The van der Waals surface area contributed by atoms with Crippen LogP contribution in [0.2, 0.25) is 0 Å². The maximum atomic E-state index is 9.94. The molecule has 0 aromatic heterocycles. The van der Waals surface area contributed by atoms with Crippen LogP contribution in [-0.2, 0) is 14.2 Å². The third-order valence-electron chi connectivity index (χ3n) is 3.98. The molecule has 8 N–H and O–H groups in total. The normalized spacial score (nSPS) is 51.7. The van der Waals surface area contributed by atoms with Crippen molar-refractivity contribution < 1.29 is 55.1 Å². The van der Waals surface area contributed by atoms with Crippen LogP contribution in [0.25, 0.3) is 0 Å². The number of aliphatic hydroxyl groups excluding tert-OH is 8. The molecule has 11 heteroatoms. The lowest BCUT2D eigenvalue weighted by molar-refractivity contribution is -0.355. The highest BCUT2D eigenvalue weighted by molar-refractivity contribution is 4.93. The highest BCUT2D eigenvalue weighted by Gasteiger charge is 2.50. The lowest BCUT2D eigenvalue weighted by atomic mass is 9.97. The Kier molecular flexibility index (Phi) is 6.27. The van der Waals surface area contributed by atoms with E-state index in [1.807, 2.05) is 0 Å². The Morgan fingerprint density at radius 2 is 1.26 bits per heavy atom. The minimum absolute atomic E-state index is 0.667. The number of rotatable bonds is 4. The van der Waals surface area contributed by atoms with Gasteiger partial charge in [-0.2, -0.15) is 0 Å². The molecule has 0 unspecified atom stereocenters. The van der Waals surface area contributed by atoms with E-state index in [4.69, 9.17) is 19.3 Å². The lowest BCUT2D eigenvalue weighted by Gasteiger charge is -2.45. The minimum Gasteiger partial charge on any atom is -0.394 e. The second-order valence-corrected chi connectivity index (χ2v) is 5.53. The molecule has 2 aliphatic rings. The van der Waals surface area contributed by atoms with E-state index in [9.17, 15) is 35.7 Å². The van der Waals surface area contributed by atoms with Crippen molar-refractivity contribution in [2.24, 2.45) is 0 Å². The molecule has 0 aromatic carbocycles.